The molecule has 2 aliphatic rings. The third-order valence-corrected chi connectivity index (χ3v) is 4.05. The molecular formula is C15H19N3O2. The van der Waals surface area contributed by atoms with Gasteiger partial charge in [0.05, 0.1) is 0 Å². The van der Waals surface area contributed by atoms with Gasteiger partial charge in [-0.25, -0.2) is 0 Å². The SMILES string of the molecule is C[C@@H]1NC(=O)[C@@H]2C[C@H](NCc3ccccc3)CN2C1=O. The highest BCUT2D eigenvalue weighted by atomic mass is 16.2. The summed E-state index contributed by atoms with van der Waals surface area (Å²) < 4.78 is 0. The normalized spacial score (nSPS) is 29.2. The summed E-state index contributed by atoms with van der Waals surface area (Å²) in [5.74, 6) is -0.000257. The number of carbonyl (C=O) groups is 2. The Morgan fingerprint density at radius 3 is 2.80 bits per heavy atom. The van der Waals surface area contributed by atoms with E-state index in [0.717, 1.165) is 6.54 Å². The van der Waals surface area contributed by atoms with Crippen LogP contribution in [0, 0.1) is 0 Å². The van der Waals surface area contributed by atoms with Gasteiger partial charge in [-0.3, -0.25) is 9.59 Å². The van der Waals surface area contributed by atoms with Crippen molar-refractivity contribution in [1.82, 2.24) is 15.5 Å². The predicted octanol–water partition coefficient (Wildman–Crippen LogP) is 0.264. The van der Waals surface area contributed by atoms with Crippen LogP contribution in [0.1, 0.15) is 18.9 Å². The Balaban J connectivity index is 1.61. The van der Waals surface area contributed by atoms with Gasteiger partial charge < -0.3 is 15.5 Å². The van der Waals surface area contributed by atoms with Gasteiger partial charge in [0.25, 0.3) is 0 Å². The summed E-state index contributed by atoms with van der Waals surface area (Å²) in [5, 5.41) is 6.17. The lowest BCUT2D eigenvalue weighted by Crippen LogP contribution is -2.60. The molecule has 106 valence electrons. The average Bonchev–Trinajstić information content (AvgIpc) is 2.89. The van der Waals surface area contributed by atoms with Gasteiger partial charge in [0.15, 0.2) is 0 Å². The molecule has 1 aromatic carbocycles. The third-order valence-electron chi connectivity index (χ3n) is 4.05. The molecule has 0 saturated carbocycles. The summed E-state index contributed by atoms with van der Waals surface area (Å²) in [6.07, 6.45) is 0.692. The molecule has 0 radical (unpaired) electrons. The van der Waals surface area contributed by atoms with Crippen LogP contribution < -0.4 is 10.6 Å². The van der Waals surface area contributed by atoms with Gasteiger partial charge in [0.2, 0.25) is 11.8 Å². The predicted molar refractivity (Wildman–Crippen MR) is 74.8 cm³/mol. The summed E-state index contributed by atoms with van der Waals surface area (Å²) in [6, 6.07) is 9.62. The van der Waals surface area contributed by atoms with Gasteiger partial charge in [0, 0.05) is 19.1 Å². The zero-order chi connectivity index (χ0) is 14.1. The van der Waals surface area contributed by atoms with Crippen molar-refractivity contribution in [1.29, 1.82) is 0 Å². The number of piperazine rings is 1. The Kier molecular flexibility index (Phi) is 3.44. The quantitative estimate of drug-likeness (QED) is 0.830. The van der Waals surface area contributed by atoms with Crippen LogP contribution in [0.15, 0.2) is 30.3 Å². The van der Waals surface area contributed by atoms with Gasteiger partial charge in [-0.1, -0.05) is 30.3 Å². The lowest BCUT2D eigenvalue weighted by Gasteiger charge is -2.32. The number of fused-ring (bicyclic) bond motifs is 1. The minimum atomic E-state index is -0.397. The van der Waals surface area contributed by atoms with Gasteiger partial charge in [-0.05, 0) is 18.9 Å². The lowest BCUT2D eigenvalue weighted by atomic mass is 10.1. The van der Waals surface area contributed by atoms with Gasteiger partial charge in [-0.15, -0.1) is 0 Å². The molecule has 0 spiro atoms. The van der Waals surface area contributed by atoms with Crippen LogP contribution in [0.2, 0.25) is 0 Å². The number of carbonyl (C=O) groups excluding carboxylic acids is 2. The average molecular weight is 273 g/mol. The number of rotatable bonds is 3. The third kappa shape index (κ3) is 2.41. The largest absolute Gasteiger partial charge is 0.343 e. The van der Waals surface area contributed by atoms with Crippen molar-refractivity contribution in [2.75, 3.05) is 6.54 Å². The second-order valence-corrected chi connectivity index (χ2v) is 5.54. The number of hydrogen-bond donors (Lipinski definition) is 2. The number of amides is 2. The molecule has 2 saturated heterocycles. The zero-order valence-electron chi connectivity index (χ0n) is 11.5. The van der Waals surface area contributed by atoms with E-state index in [1.807, 2.05) is 18.2 Å². The van der Waals surface area contributed by atoms with E-state index in [4.69, 9.17) is 0 Å². The minimum absolute atomic E-state index is 0.0265. The Morgan fingerprint density at radius 2 is 2.05 bits per heavy atom. The maximum Gasteiger partial charge on any atom is 0.245 e. The van der Waals surface area contributed by atoms with E-state index < -0.39 is 6.04 Å². The van der Waals surface area contributed by atoms with E-state index in [9.17, 15) is 9.59 Å². The summed E-state index contributed by atoms with van der Waals surface area (Å²) in [6.45, 7) is 3.12. The summed E-state index contributed by atoms with van der Waals surface area (Å²) in [5.41, 5.74) is 1.21. The van der Waals surface area contributed by atoms with E-state index in [0.29, 0.717) is 13.0 Å². The Bertz CT molecular complexity index is 517. The minimum Gasteiger partial charge on any atom is -0.343 e. The fourth-order valence-electron chi connectivity index (χ4n) is 2.95. The standard InChI is InChI=1S/C15H19N3O2/c1-10-15(20)18-9-12(7-13(18)14(19)17-10)16-8-11-5-3-2-4-6-11/h2-6,10,12-13,16H,7-9H2,1H3,(H,17,19)/t10-,12-,13-/m0/s1. The molecule has 20 heavy (non-hydrogen) atoms. The molecule has 3 atom stereocenters. The Hall–Kier alpha value is -1.88. The second-order valence-electron chi connectivity index (χ2n) is 5.54. The topological polar surface area (TPSA) is 61.4 Å². The highest BCUT2D eigenvalue weighted by molar-refractivity contribution is 5.97. The lowest BCUT2D eigenvalue weighted by molar-refractivity contribution is -0.146. The van der Waals surface area contributed by atoms with E-state index in [1.165, 1.54) is 5.56 Å². The van der Waals surface area contributed by atoms with Crippen LogP contribution in [0.4, 0.5) is 0 Å². The molecule has 0 bridgehead atoms. The van der Waals surface area contributed by atoms with Gasteiger partial charge >= 0.3 is 0 Å². The Labute approximate surface area is 118 Å². The summed E-state index contributed by atoms with van der Waals surface area (Å²) in [4.78, 5) is 25.7. The van der Waals surface area contributed by atoms with Crippen molar-refractivity contribution in [3.05, 3.63) is 35.9 Å². The molecule has 2 fully saturated rings. The molecule has 5 heteroatoms. The monoisotopic (exact) mass is 273 g/mol. The molecule has 2 heterocycles. The smallest absolute Gasteiger partial charge is 0.245 e. The van der Waals surface area contributed by atoms with Crippen molar-refractivity contribution in [3.8, 4) is 0 Å². The van der Waals surface area contributed by atoms with Crippen molar-refractivity contribution >= 4 is 11.8 Å². The van der Waals surface area contributed by atoms with Gasteiger partial charge in [0.1, 0.15) is 12.1 Å². The fourth-order valence-corrected chi connectivity index (χ4v) is 2.95. The van der Waals surface area contributed by atoms with E-state index in [1.54, 1.807) is 11.8 Å². The van der Waals surface area contributed by atoms with Crippen LogP contribution >= 0.6 is 0 Å². The first-order valence-corrected chi connectivity index (χ1v) is 7.03. The molecule has 0 unspecified atom stereocenters. The summed E-state index contributed by atoms with van der Waals surface area (Å²) >= 11 is 0. The highest BCUT2D eigenvalue weighted by Gasteiger charge is 2.44. The van der Waals surface area contributed by atoms with Crippen molar-refractivity contribution in [2.24, 2.45) is 0 Å². The second kappa shape index (κ2) is 5.25. The van der Waals surface area contributed by atoms with Crippen LogP contribution in [0.3, 0.4) is 0 Å². The molecule has 3 rings (SSSR count). The van der Waals surface area contributed by atoms with Crippen LogP contribution in [0.25, 0.3) is 0 Å². The van der Waals surface area contributed by atoms with E-state index in [2.05, 4.69) is 22.8 Å². The number of nitrogens with zero attached hydrogens (tertiary/aromatic N) is 1. The number of benzene rings is 1. The fraction of sp³-hybridized carbons (Fsp3) is 0.467. The highest BCUT2D eigenvalue weighted by Crippen LogP contribution is 2.22. The van der Waals surface area contributed by atoms with Crippen molar-refractivity contribution in [3.63, 3.8) is 0 Å². The number of hydrogen-bond acceptors (Lipinski definition) is 3. The van der Waals surface area contributed by atoms with Crippen LogP contribution in [0.5, 0.6) is 0 Å². The molecule has 2 N–H and O–H groups in total. The van der Waals surface area contributed by atoms with E-state index >= 15 is 0 Å². The molecule has 0 aliphatic carbocycles. The first-order valence-electron chi connectivity index (χ1n) is 7.03. The van der Waals surface area contributed by atoms with Crippen molar-refractivity contribution < 1.29 is 9.59 Å². The molecule has 2 amide bonds. The first-order chi connectivity index (χ1) is 9.65. The molecule has 0 aromatic heterocycles. The van der Waals surface area contributed by atoms with Crippen LogP contribution in [-0.2, 0) is 16.1 Å². The van der Waals surface area contributed by atoms with Gasteiger partial charge in [-0.2, -0.15) is 0 Å². The maximum atomic E-state index is 12.1. The summed E-state index contributed by atoms with van der Waals surface area (Å²) in [7, 11) is 0. The first kappa shape index (κ1) is 13.1. The molecular weight excluding hydrogens is 254 g/mol. The molecule has 1 aromatic rings. The van der Waals surface area contributed by atoms with Crippen LogP contribution in [-0.4, -0.2) is 41.4 Å². The Morgan fingerprint density at radius 1 is 1.30 bits per heavy atom. The molecule has 2 aliphatic heterocycles. The van der Waals surface area contributed by atoms with Crippen molar-refractivity contribution in [2.45, 2.75) is 38.0 Å². The number of nitrogens with one attached hydrogen (secondary N) is 2. The maximum absolute atomic E-state index is 12.1. The van der Waals surface area contributed by atoms with E-state index in [-0.39, 0.29) is 23.9 Å². The zero-order valence-corrected chi connectivity index (χ0v) is 11.5. The molecule has 5 nitrogen and oxygen atoms in total.